The van der Waals surface area contributed by atoms with Crippen molar-refractivity contribution in [1.29, 1.82) is 0 Å². The maximum absolute atomic E-state index is 12.3. The zero-order valence-electron chi connectivity index (χ0n) is 14.4. The first kappa shape index (κ1) is 18.0. The van der Waals surface area contributed by atoms with E-state index in [1.165, 1.54) is 0 Å². The molecular formula is C17H32N2O2. The maximum atomic E-state index is 12.3. The highest BCUT2D eigenvalue weighted by Crippen LogP contribution is 2.20. The van der Waals surface area contributed by atoms with Crippen LogP contribution in [-0.2, 0) is 9.59 Å². The van der Waals surface area contributed by atoms with Crippen molar-refractivity contribution in [3.8, 4) is 0 Å². The van der Waals surface area contributed by atoms with Crippen molar-refractivity contribution in [2.45, 2.75) is 72.8 Å². The smallest absolute Gasteiger partial charge is 0.225 e. The lowest BCUT2D eigenvalue weighted by Gasteiger charge is -2.34. The lowest BCUT2D eigenvalue weighted by molar-refractivity contribution is -0.137. The second-order valence-corrected chi connectivity index (χ2v) is 7.42. The molecule has 0 aromatic heterocycles. The lowest BCUT2D eigenvalue weighted by atomic mass is 9.91. The van der Waals surface area contributed by atoms with Crippen LogP contribution in [0, 0.1) is 11.3 Å². The van der Waals surface area contributed by atoms with Crippen molar-refractivity contribution in [2.24, 2.45) is 11.3 Å². The number of likely N-dealkylation sites (tertiary alicyclic amines) is 1. The molecule has 4 heteroatoms. The van der Waals surface area contributed by atoms with Crippen LogP contribution in [0.2, 0.25) is 0 Å². The van der Waals surface area contributed by atoms with Gasteiger partial charge in [0.15, 0.2) is 0 Å². The Kier molecular flexibility index (Phi) is 6.69. The predicted octanol–water partition coefficient (Wildman–Crippen LogP) is 2.97. The van der Waals surface area contributed by atoms with Gasteiger partial charge in [-0.1, -0.05) is 34.6 Å². The van der Waals surface area contributed by atoms with Gasteiger partial charge in [-0.05, 0) is 31.1 Å². The third-order valence-corrected chi connectivity index (χ3v) is 4.20. The first-order valence-corrected chi connectivity index (χ1v) is 8.35. The van der Waals surface area contributed by atoms with Gasteiger partial charge in [-0.3, -0.25) is 9.59 Å². The van der Waals surface area contributed by atoms with Crippen LogP contribution in [0.3, 0.4) is 0 Å². The Morgan fingerprint density at radius 1 is 1.14 bits per heavy atom. The van der Waals surface area contributed by atoms with E-state index in [9.17, 15) is 9.59 Å². The van der Waals surface area contributed by atoms with E-state index in [1.807, 2.05) is 4.90 Å². The highest BCUT2D eigenvalue weighted by molar-refractivity contribution is 5.79. The number of hydrogen-bond donors (Lipinski definition) is 1. The van der Waals surface area contributed by atoms with E-state index in [2.05, 4.69) is 39.9 Å². The van der Waals surface area contributed by atoms with Crippen molar-refractivity contribution < 1.29 is 9.59 Å². The Balaban J connectivity index is 2.39. The summed E-state index contributed by atoms with van der Waals surface area (Å²) in [6.45, 7) is 11.9. The number of rotatable bonds is 5. The standard InChI is InChI=1S/C17H32N2O2/c1-6-13(7-2)16(21)19-10-8-14(9-11-19)18-15(20)12-17(3,4)5/h13-14H,6-12H2,1-5H3,(H,18,20). The second-order valence-electron chi connectivity index (χ2n) is 7.42. The fourth-order valence-corrected chi connectivity index (χ4v) is 2.90. The zero-order chi connectivity index (χ0) is 16.0. The minimum absolute atomic E-state index is 0.0240. The van der Waals surface area contributed by atoms with E-state index in [0.717, 1.165) is 38.8 Å². The topological polar surface area (TPSA) is 49.4 Å². The number of carbonyl (C=O) groups excluding carboxylic acids is 2. The predicted molar refractivity (Wildman–Crippen MR) is 85.9 cm³/mol. The molecule has 0 aromatic rings. The highest BCUT2D eigenvalue weighted by atomic mass is 16.2. The van der Waals surface area contributed by atoms with Crippen molar-refractivity contribution in [1.82, 2.24) is 10.2 Å². The fraction of sp³-hybridized carbons (Fsp3) is 0.882. The lowest BCUT2D eigenvalue weighted by Crippen LogP contribution is -2.48. The van der Waals surface area contributed by atoms with Gasteiger partial charge in [-0.15, -0.1) is 0 Å². The van der Waals surface area contributed by atoms with Crippen LogP contribution < -0.4 is 5.32 Å². The summed E-state index contributed by atoms with van der Waals surface area (Å²) in [5.74, 6) is 0.587. The summed E-state index contributed by atoms with van der Waals surface area (Å²) in [6, 6.07) is 0.227. The van der Waals surface area contributed by atoms with Crippen LogP contribution in [0.1, 0.15) is 66.7 Å². The molecule has 1 aliphatic rings. The molecular weight excluding hydrogens is 264 g/mol. The molecule has 2 amide bonds. The first-order chi connectivity index (χ1) is 9.76. The summed E-state index contributed by atoms with van der Waals surface area (Å²) in [7, 11) is 0. The van der Waals surface area contributed by atoms with E-state index < -0.39 is 0 Å². The molecule has 0 atom stereocenters. The van der Waals surface area contributed by atoms with Crippen molar-refractivity contribution in [2.75, 3.05) is 13.1 Å². The van der Waals surface area contributed by atoms with E-state index in [-0.39, 0.29) is 23.3 Å². The first-order valence-electron chi connectivity index (χ1n) is 8.35. The highest BCUT2D eigenvalue weighted by Gasteiger charge is 2.27. The molecule has 1 N–H and O–H groups in total. The average molecular weight is 296 g/mol. The molecule has 0 aromatic carbocycles. The molecule has 0 unspecified atom stereocenters. The van der Waals surface area contributed by atoms with Gasteiger partial charge in [0.05, 0.1) is 0 Å². The van der Waals surface area contributed by atoms with Crippen molar-refractivity contribution in [3.63, 3.8) is 0 Å². The van der Waals surface area contributed by atoms with Gasteiger partial charge >= 0.3 is 0 Å². The fourth-order valence-electron chi connectivity index (χ4n) is 2.90. The monoisotopic (exact) mass is 296 g/mol. The average Bonchev–Trinajstić information content (AvgIpc) is 2.38. The molecule has 1 rings (SSSR count). The van der Waals surface area contributed by atoms with E-state index in [1.54, 1.807) is 0 Å². The summed E-state index contributed by atoms with van der Waals surface area (Å²) in [5, 5.41) is 3.12. The Morgan fingerprint density at radius 2 is 1.67 bits per heavy atom. The van der Waals surface area contributed by atoms with Crippen molar-refractivity contribution in [3.05, 3.63) is 0 Å². The molecule has 0 saturated carbocycles. The van der Waals surface area contributed by atoms with Crippen LogP contribution in [0.15, 0.2) is 0 Å². The normalized spacial score (nSPS) is 17.1. The Hall–Kier alpha value is -1.06. The minimum Gasteiger partial charge on any atom is -0.353 e. The molecule has 0 radical (unpaired) electrons. The molecule has 1 aliphatic heterocycles. The van der Waals surface area contributed by atoms with Gasteiger partial charge in [-0.25, -0.2) is 0 Å². The maximum Gasteiger partial charge on any atom is 0.225 e. The van der Waals surface area contributed by atoms with E-state index in [0.29, 0.717) is 12.3 Å². The van der Waals surface area contributed by atoms with Crippen LogP contribution in [-0.4, -0.2) is 35.8 Å². The van der Waals surface area contributed by atoms with E-state index >= 15 is 0 Å². The number of amides is 2. The molecule has 0 bridgehead atoms. The summed E-state index contributed by atoms with van der Waals surface area (Å²) in [5.41, 5.74) is 0.0240. The van der Waals surface area contributed by atoms with Crippen LogP contribution >= 0.6 is 0 Å². The Labute approximate surface area is 129 Å². The van der Waals surface area contributed by atoms with Gasteiger partial charge in [0.25, 0.3) is 0 Å². The van der Waals surface area contributed by atoms with Crippen molar-refractivity contribution >= 4 is 11.8 Å². The van der Waals surface area contributed by atoms with Gasteiger partial charge < -0.3 is 10.2 Å². The Bertz CT molecular complexity index is 348. The molecule has 122 valence electrons. The largest absolute Gasteiger partial charge is 0.353 e. The molecule has 0 aliphatic carbocycles. The van der Waals surface area contributed by atoms with Crippen LogP contribution in [0.4, 0.5) is 0 Å². The molecule has 1 heterocycles. The van der Waals surface area contributed by atoms with Crippen LogP contribution in [0.25, 0.3) is 0 Å². The molecule has 21 heavy (non-hydrogen) atoms. The molecule has 1 saturated heterocycles. The summed E-state index contributed by atoms with van der Waals surface area (Å²) in [4.78, 5) is 26.2. The third-order valence-electron chi connectivity index (χ3n) is 4.20. The summed E-state index contributed by atoms with van der Waals surface area (Å²) in [6.07, 6.45) is 4.14. The number of carbonyl (C=O) groups is 2. The quantitative estimate of drug-likeness (QED) is 0.848. The molecule has 4 nitrogen and oxygen atoms in total. The number of nitrogens with zero attached hydrogens (tertiary/aromatic N) is 1. The summed E-state index contributed by atoms with van der Waals surface area (Å²) >= 11 is 0. The molecule has 0 spiro atoms. The van der Waals surface area contributed by atoms with Gasteiger partial charge in [0, 0.05) is 31.5 Å². The SMILES string of the molecule is CCC(CC)C(=O)N1CCC(NC(=O)CC(C)(C)C)CC1. The summed E-state index contributed by atoms with van der Waals surface area (Å²) < 4.78 is 0. The molecule has 1 fully saturated rings. The van der Waals surface area contributed by atoms with Gasteiger partial charge in [0.2, 0.25) is 11.8 Å². The minimum atomic E-state index is 0.0240. The number of piperidine rings is 1. The zero-order valence-corrected chi connectivity index (χ0v) is 14.4. The van der Waals surface area contributed by atoms with Gasteiger partial charge in [0.1, 0.15) is 0 Å². The number of nitrogens with one attached hydrogen (secondary N) is 1. The number of hydrogen-bond acceptors (Lipinski definition) is 2. The van der Waals surface area contributed by atoms with Crippen LogP contribution in [0.5, 0.6) is 0 Å². The second kappa shape index (κ2) is 7.81. The van der Waals surface area contributed by atoms with Gasteiger partial charge in [-0.2, -0.15) is 0 Å². The third kappa shape index (κ3) is 6.06. The Morgan fingerprint density at radius 3 is 2.10 bits per heavy atom. The van der Waals surface area contributed by atoms with E-state index in [4.69, 9.17) is 0 Å².